The van der Waals surface area contributed by atoms with Crippen molar-refractivity contribution in [3.8, 4) is 0 Å². The Kier molecular flexibility index (Phi) is 3.00. The van der Waals surface area contributed by atoms with Gasteiger partial charge in [-0.25, -0.2) is 0 Å². The smallest absolute Gasteiger partial charge is 0.248 e. The van der Waals surface area contributed by atoms with E-state index in [1.165, 1.54) is 0 Å². The van der Waals surface area contributed by atoms with Gasteiger partial charge in [0.2, 0.25) is 5.91 Å². The summed E-state index contributed by atoms with van der Waals surface area (Å²) in [7, 11) is 0. The second kappa shape index (κ2) is 4.15. The number of nitrogen functional groups attached to an aromatic ring is 1. The molecule has 0 heterocycles. The van der Waals surface area contributed by atoms with Crippen molar-refractivity contribution in [2.24, 2.45) is 22.5 Å². The number of benzene rings is 1. The fourth-order valence-electron chi connectivity index (χ4n) is 2.93. The van der Waals surface area contributed by atoms with Crippen molar-refractivity contribution in [2.45, 2.75) is 27.7 Å². The van der Waals surface area contributed by atoms with Crippen LogP contribution in [0.3, 0.4) is 0 Å². The second-order valence-electron chi connectivity index (χ2n) is 6.54. The highest BCUT2D eigenvalue weighted by atomic mass is 16.1. The molecule has 4 heteroatoms. The Morgan fingerprint density at radius 2 is 1.84 bits per heavy atom. The number of rotatable bonds is 4. The highest BCUT2D eigenvalue weighted by molar-refractivity contribution is 5.94. The van der Waals surface area contributed by atoms with Crippen LogP contribution < -0.4 is 16.8 Å². The van der Waals surface area contributed by atoms with E-state index in [1.807, 2.05) is 6.07 Å². The lowest BCUT2D eigenvalue weighted by molar-refractivity contribution is 0.100. The Labute approximate surface area is 114 Å². The van der Waals surface area contributed by atoms with Crippen LogP contribution in [0.4, 0.5) is 11.4 Å². The number of hydrogen-bond donors (Lipinski definition) is 3. The number of amides is 1. The van der Waals surface area contributed by atoms with Crippen LogP contribution in [0.2, 0.25) is 0 Å². The minimum Gasteiger partial charge on any atom is -0.397 e. The maximum absolute atomic E-state index is 11.1. The zero-order chi connectivity index (χ0) is 14.4. The lowest BCUT2D eigenvalue weighted by atomic mass is 10.0. The van der Waals surface area contributed by atoms with E-state index in [9.17, 15) is 4.79 Å². The number of nitrogens with two attached hydrogens (primary N) is 2. The van der Waals surface area contributed by atoms with Crippen LogP contribution in [-0.4, -0.2) is 12.5 Å². The number of nitrogens with one attached hydrogen (secondary N) is 1. The first kappa shape index (κ1) is 13.7. The molecule has 4 nitrogen and oxygen atoms in total. The van der Waals surface area contributed by atoms with E-state index < -0.39 is 5.91 Å². The third-order valence-electron chi connectivity index (χ3n) is 5.15. The predicted molar refractivity (Wildman–Crippen MR) is 78.9 cm³/mol. The highest BCUT2D eigenvalue weighted by Gasteiger charge is 2.64. The molecule has 0 radical (unpaired) electrons. The van der Waals surface area contributed by atoms with Crippen molar-refractivity contribution in [3.05, 3.63) is 23.8 Å². The molecule has 0 spiro atoms. The molecule has 0 bridgehead atoms. The summed E-state index contributed by atoms with van der Waals surface area (Å²) in [6.07, 6.45) is 0. The van der Waals surface area contributed by atoms with Gasteiger partial charge in [-0.3, -0.25) is 4.79 Å². The number of hydrogen-bond acceptors (Lipinski definition) is 3. The van der Waals surface area contributed by atoms with Gasteiger partial charge < -0.3 is 16.8 Å². The average molecular weight is 261 g/mol. The molecule has 2 rings (SSSR count). The van der Waals surface area contributed by atoms with Crippen LogP contribution in [0.5, 0.6) is 0 Å². The van der Waals surface area contributed by atoms with Crippen LogP contribution in [-0.2, 0) is 0 Å². The molecule has 1 aliphatic rings. The van der Waals surface area contributed by atoms with Crippen LogP contribution in [0.15, 0.2) is 18.2 Å². The molecule has 19 heavy (non-hydrogen) atoms. The zero-order valence-corrected chi connectivity index (χ0v) is 12.1. The number of anilines is 2. The maximum Gasteiger partial charge on any atom is 0.248 e. The summed E-state index contributed by atoms with van der Waals surface area (Å²) in [6, 6.07) is 5.13. The predicted octanol–water partition coefficient (Wildman–Crippen LogP) is 2.46. The highest BCUT2D eigenvalue weighted by Crippen LogP contribution is 2.68. The van der Waals surface area contributed by atoms with Gasteiger partial charge in [-0.05, 0) is 34.9 Å². The molecule has 104 valence electrons. The molecule has 1 amide bonds. The number of carbonyl (C=O) groups is 1. The summed E-state index contributed by atoms with van der Waals surface area (Å²) in [5.74, 6) is 0.165. The first-order valence-electron chi connectivity index (χ1n) is 6.61. The van der Waals surface area contributed by atoms with Gasteiger partial charge >= 0.3 is 0 Å². The fourth-order valence-corrected chi connectivity index (χ4v) is 2.93. The third kappa shape index (κ3) is 2.15. The van der Waals surface area contributed by atoms with Crippen molar-refractivity contribution in [3.63, 3.8) is 0 Å². The van der Waals surface area contributed by atoms with Crippen molar-refractivity contribution >= 4 is 17.3 Å². The van der Waals surface area contributed by atoms with Gasteiger partial charge in [0.25, 0.3) is 0 Å². The summed E-state index contributed by atoms with van der Waals surface area (Å²) < 4.78 is 0. The quantitative estimate of drug-likeness (QED) is 0.728. The maximum atomic E-state index is 11.1. The number of primary amides is 1. The van der Waals surface area contributed by atoms with E-state index in [1.54, 1.807) is 12.1 Å². The standard InChI is InChI=1S/C15H23N3O/c1-14(2)12(15(14,3)4)8-18-11-6-5-9(13(17)19)7-10(11)16/h5-7,12,18H,8,16H2,1-4H3,(H2,17,19). The molecule has 1 aromatic carbocycles. The summed E-state index contributed by atoms with van der Waals surface area (Å²) in [6.45, 7) is 10.1. The van der Waals surface area contributed by atoms with Crippen molar-refractivity contribution in [1.29, 1.82) is 0 Å². The van der Waals surface area contributed by atoms with E-state index in [-0.39, 0.29) is 0 Å². The lowest BCUT2D eigenvalue weighted by Gasteiger charge is -2.11. The third-order valence-corrected chi connectivity index (χ3v) is 5.15. The van der Waals surface area contributed by atoms with E-state index >= 15 is 0 Å². The second-order valence-corrected chi connectivity index (χ2v) is 6.54. The molecule has 0 aliphatic heterocycles. The largest absolute Gasteiger partial charge is 0.397 e. The van der Waals surface area contributed by atoms with E-state index in [4.69, 9.17) is 11.5 Å². The minimum atomic E-state index is -0.456. The molecule has 0 saturated heterocycles. The van der Waals surface area contributed by atoms with Crippen LogP contribution in [0.25, 0.3) is 0 Å². The van der Waals surface area contributed by atoms with Gasteiger partial charge in [0.05, 0.1) is 11.4 Å². The van der Waals surface area contributed by atoms with E-state index in [0.29, 0.717) is 28.0 Å². The van der Waals surface area contributed by atoms with Crippen molar-refractivity contribution in [2.75, 3.05) is 17.6 Å². The molecular weight excluding hydrogens is 238 g/mol. The van der Waals surface area contributed by atoms with Gasteiger partial charge in [-0.2, -0.15) is 0 Å². The molecule has 1 aliphatic carbocycles. The van der Waals surface area contributed by atoms with Gasteiger partial charge in [0.1, 0.15) is 0 Å². The Bertz CT molecular complexity index is 506. The summed E-state index contributed by atoms with van der Waals surface area (Å²) in [5, 5.41) is 3.38. The van der Waals surface area contributed by atoms with Gasteiger partial charge in [0.15, 0.2) is 0 Å². The minimum absolute atomic E-state index is 0.349. The Morgan fingerprint density at radius 3 is 2.26 bits per heavy atom. The van der Waals surface area contributed by atoms with Crippen molar-refractivity contribution in [1.82, 2.24) is 0 Å². The topological polar surface area (TPSA) is 81.1 Å². The van der Waals surface area contributed by atoms with Gasteiger partial charge in [-0.1, -0.05) is 27.7 Å². The molecule has 1 saturated carbocycles. The van der Waals surface area contributed by atoms with Crippen molar-refractivity contribution < 1.29 is 4.79 Å². The summed E-state index contributed by atoms with van der Waals surface area (Å²) in [4.78, 5) is 11.1. The molecule has 0 aromatic heterocycles. The van der Waals surface area contributed by atoms with Crippen LogP contribution in [0, 0.1) is 16.7 Å². The van der Waals surface area contributed by atoms with Gasteiger partial charge in [-0.15, -0.1) is 0 Å². The van der Waals surface area contributed by atoms with Crippen LogP contribution in [0.1, 0.15) is 38.1 Å². The first-order valence-corrected chi connectivity index (χ1v) is 6.61. The zero-order valence-electron chi connectivity index (χ0n) is 12.1. The average Bonchev–Trinajstić information content (AvgIpc) is 2.68. The molecule has 5 N–H and O–H groups in total. The van der Waals surface area contributed by atoms with Crippen LogP contribution >= 0.6 is 0 Å². The Hall–Kier alpha value is -1.71. The summed E-state index contributed by atoms with van der Waals surface area (Å²) >= 11 is 0. The lowest BCUT2D eigenvalue weighted by Crippen LogP contribution is -2.13. The van der Waals surface area contributed by atoms with E-state index in [0.717, 1.165) is 12.2 Å². The normalized spacial score (nSPS) is 20.0. The van der Waals surface area contributed by atoms with Gasteiger partial charge in [0, 0.05) is 12.1 Å². The fraction of sp³-hybridized carbons (Fsp3) is 0.533. The Balaban J connectivity index is 2.04. The molecule has 1 fully saturated rings. The molecular formula is C15H23N3O. The molecule has 0 atom stereocenters. The summed E-state index contributed by atoms with van der Waals surface area (Å²) in [5.41, 5.74) is 13.7. The SMILES string of the molecule is CC1(C)C(CNc2ccc(C(N)=O)cc2N)C1(C)C. The monoisotopic (exact) mass is 261 g/mol. The molecule has 1 aromatic rings. The Morgan fingerprint density at radius 1 is 1.26 bits per heavy atom. The van der Waals surface area contributed by atoms with E-state index in [2.05, 4.69) is 33.0 Å². The number of carbonyl (C=O) groups excluding carboxylic acids is 1. The molecule has 0 unspecified atom stereocenters. The first-order chi connectivity index (χ1) is 8.68.